The van der Waals surface area contributed by atoms with Gasteiger partial charge in [0.25, 0.3) is 0 Å². The molecule has 0 radical (unpaired) electrons. The molecule has 5 nitrogen and oxygen atoms in total. The maximum atomic E-state index is 13.1. The van der Waals surface area contributed by atoms with Crippen LogP contribution < -0.4 is 10.1 Å². The topological polar surface area (TPSA) is 56.1 Å². The van der Waals surface area contributed by atoms with E-state index >= 15 is 0 Å². The van der Waals surface area contributed by atoms with Crippen LogP contribution in [0.25, 0.3) is 5.69 Å². The van der Waals surface area contributed by atoms with Crippen LogP contribution in [0.1, 0.15) is 30.6 Å². The van der Waals surface area contributed by atoms with Gasteiger partial charge in [0.1, 0.15) is 11.6 Å². The molecule has 140 valence electrons. The number of hydrogen-bond acceptors (Lipinski definition) is 3. The molecule has 0 spiro atoms. The lowest BCUT2D eigenvalue weighted by Crippen LogP contribution is -2.28. The number of nitrogens with zero attached hydrogens (tertiary/aromatic N) is 2. The third kappa shape index (κ3) is 4.73. The number of carbonyl (C=O) groups is 1. The average Bonchev–Trinajstić information content (AvgIpc) is 3.05. The van der Waals surface area contributed by atoms with Crippen molar-refractivity contribution in [1.82, 2.24) is 15.1 Å². The first kappa shape index (κ1) is 18.6. The molecule has 3 aromatic rings. The van der Waals surface area contributed by atoms with Crippen molar-refractivity contribution in [2.75, 3.05) is 6.61 Å². The standard InChI is InChI=1S/C21H22FN3O2/c1-15(24-21(26)12-13-27-19-6-4-3-5-7-19)20-14-23-25(16(20)2)18-10-8-17(22)9-11-18/h3-11,14-15H,12-13H2,1-2H3,(H,24,26). The Labute approximate surface area is 157 Å². The Bertz CT molecular complexity index is 892. The summed E-state index contributed by atoms with van der Waals surface area (Å²) in [5.41, 5.74) is 2.58. The first-order valence-electron chi connectivity index (χ1n) is 8.82. The summed E-state index contributed by atoms with van der Waals surface area (Å²) in [7, 11) is 0. The molecule has 1 aromatic heterocycles. The van der Waals surface area contributed by atoms with Gasteiger partial charge in [0.05, 0.1) is 31.0 Å². The molecule has 0 aliphatic carbocycles. The largest absolute Gasteiger partial charge is 0.493 e. The van der Waals surface area contributed by atoms with E-state index in [2.05, 4.69) is 10.4 Å². The molecule has 1 N–H and O–H groups in total. The highest BCUT2D eigenvalue weighted by molar-refractivity contribution is 5.76. The number of aromatic nitrogens is 2. The quantitative estimate of drug-likeness (QED) is 0.688. The molecule has 3 rings (SSSR count). The average molecular weight is 367 g/mol. The van der Waals surface area contributed by atoms with Gasteiger partial charge in [-0.3, -0.25) is 4.79 Å². The van der Waals surface area contributed by atoms with E-state index in [0.717, 1.165) is 22.7 Å². The van der Waals surface area contributed by atoms with Gasteiger partial charge in [-0.05, 0) is 50.2 Å². The van der Waals surface area contributed by atoms with Crippen molar-refractivity contribution < 1.29 is 13.9 Å². The molecular formula is C21H22FN3O2. The number of ether oxygens (including phenoxy) is 1. The predicted octanol–water partition coefficient (Wildman–Crippen LogP) is 3.97. The summed E-state index contributed by atoms with van der Waals surface area (Å²) in [6, 6.07) is 15.3. The Morgan fingerprint density at radius 2 is 1.89 bits per heavy atom. The van der Waals surface area contributed by atoms with Crippen LogP contribution in [0.15, 0.2) is 60.8 Å². The zero-order chi connectivity index (χ0) is 19.2. The van der Waals surface area contributed by atoms with Crippen molar-refractivity contribution >= 4 is 5.91 Å². The summed E-state index contributed by atoms with van der Waals surface area (Å²) in [5, 5.41) is 7.33. The van der Waals surface area contributed by atoms with Crippen LogP contribution in [0.5, 0.6) is 5.75 Å². The number of halogens is 1. The second kappa shape index (κ2) is 8.49. The van der Waals surface area contributed by atoms with Crippen LogP contribution in [0.2, 0.25) is 0 Å². The van der Waals surface area contributed by atoms with Gasteiger partial charge in [-0.2, -0.15) is 5.10 Å². The molecule has 0 saturated heterocycles. The van der Waals surface area contributed by atoms with Gasteiger partial charge in [0.2, 0.25) is 5.91 Å². The van der Waals surface area contributed by atoms with Gasteiger partial charge in [-0.15, -0.1) is 0 Å². The Kier molecular flexibility index (Phi) is 5.86. The third-order valence-electron chi connectivity index (χ3n) is 4.30. The second-order valence-electron chi connectivity index (χ2n) is 6.27. The second-order valence-corrected chi connectivity index (χ2v) is 6.27. The summed E-state index contributed by atoms with van der Waals surface area (Å²) in [5.74, 6) is 0.365. The van der Waals surface area contributed by atoms with Crippen molar-refractivity contribution in [1.29, 1.82) is 0 Å². The maximum Gasteiger partial charge on any atom is 0.223 e. The van der Waals surface area contributed by atoms with Crippen LogP contribution in [-0.4, -0.2) is 22.3 Å². The zero-order valence-electron chi connectivity index (χ0n) is 15.4. The third-order valence-corrected chi connectivity index (χ3v) is 4.30. The highest BCUT2D eigenvalue weighted by atomic mass is 19.1. The summed E-state index contributed by atoms with van der Waals surface area (Å²) in [6.07, 6.45) is 1.99. The molecule has 1 atom stereocenters. The molecule has 0 aliphatic rings. The molecule has 0 fully saturated rings. The monoisotopic (exact) mass is 367 g/mol. The molecule has 2 aromatic carbocycles. The molecule has 0 bridgehead atoms. The summed E-state index contributed by atoms with van der Waals surface area (Å²) in [6.45, 7) is 4.15. The van der Waals surface area contributed by atoms with Crippen molar-refractivity contribution in [2.45, 2.75) is 26.3 Å². The van der Waals surface area contributed by atoms with E-state index in [-0.39, 0.29) is 24.2 Å². The van der Waals surface area contributed by atoms with Crippen LogP contribution in [0.4, 0.5) is 4.39 Å². The van der Waals surface area contributed by atoms with Gasteiger partial charge in [-0.1, -0.05) is 18.2 Å². The first-order chi connectivity index (χ1) is 13.0. The van der Waals surface area contributed by atoms with Crippen LogP contribution >= 0.6 is 0 Å². The molecule has 0 saturated carbocycles. The minimum atomic E-state index is -0.290. The van der Waals surface area contributed by atoms with Crippen molar-refractivity contribution in [3.63, 3.8) is 0 Å². The number of benzene rings is 2. The van der Waals surface area contributed by atoms with Crippen molar-refractivity contribution in [2.24, 2.45) is 0 Å². The van der Waals surface area contributed by atoms with E-state index in [4.69, 9.17) is 4.74 Å². The smallest absolute Gasteiger partial charge is 0.223 e. The van der Waals surface area contributed by atoms with E-state index in [1.165, 1.54) is 12.1 Å². The Hall–Kier alpha value is -3.15. The SMILES string of the molecule is Cc1c(C(C)NC(=O)CCOc2ccccc2)cnn1-c1ccc(F)cc1. The molecule has 1 unspecified atom stereocenters. The number of para-hydroxylation sites is 1. The normalized spacial score (nSPS) is 11.8. The number of amides is 1. The van der Waals surface area contributed by atoms with Crippen LogP contribution in [-0.2, 0) is 4.79 Å². The minimum absolute atomic E-state index is 0.0904. The van der Waals surface area contributed by atoms with Crippen molar-refractivity contribution in [3.05, 3.63) is 77.9 Å². The minimum Gasteiger partial charge on any atom is -0.493 e. The van der Waals surface area contributed by atoms with Gasteiger partial charge < -0.3 is 10.1 Å². The van der Waals surface area contributed by atoms with Crippen molar-refractivity contribution in [3.8, 4) is 11.4 Å². The summed E-state index contributed by atoms with van der Waals surface area (Å²) in [4.78, 5) is 12.2. The Morgan fingerprint density at radius 3 is 2.59 bits per heavy atom. The van der Waals surface area contributed by atoms with E-state index in [1.54, 1.807) is 23.0 Å². The number of rotatable bonds is 7. The van der Waals surface area contributed by atoms with Gasteiger partial charge in [-0.25, -0.2) is 9.07 Å². The number of carbonyl (C=O) groups excluding carboxylic acids is 1. The number of nitrogens with one attached hydrogen (secondary N) is 1. The molecule has 27 heavy (non-hydrogen) atoms. The van der Waals surface area contributed by atoms with Crippen LogP contribution in [0.3, 0.4) is 0 Å². The Balaban J connectivity index is 1.57. The lowest BCUT2D eigenvalue weighted by Gasteiger charge is -2.14. The maximum absolute atomic E-state index is 13.1. The predicted molar refractivity (Wildman–Crippen MR) is 101 cm³/mol. The fourth-order valence-electron chi connectivity index (χ4n) is 2.86. The zero-order valence-corrected chi connectivity index (χ0v) is 15.4. The van der Waals surface area contributed by atoms with Crippen LogP contribution in [0, 0.1) is 12.7 Å². The molecular weight excluding hydrogens is 345 g/mol. The van der Waals surface area contributed by atoms with E-state index < -0.39 is 0 Å². The fraction of sp³-hybridized carbons (Fsp3) is 0.238. The van der Waals surface area contributed by atoms with Gasteiger partial charge in [0.15, 0.2) is 0 Å². The molecule has 1 heterocycles. The van der Waals surface area contributed by atoms with E-state index in [1.807, 2.05) is 44.2 Å². The molecule has 0 aliphatic heterocycles. The lowest BCUT2D eigenvalue weighted by molar-refractivity contribution is -0.122. The van der Waals surface area contributed by atoms with E-state index in [0.29, 0.717) is 6.61 Å². The summed E-state index contributed by atoms with van der Waals surface area (Å²) < 4.78 is 20.4. The number of hydrogen-bond donors (Lipinski definition) is 1. The molecule has 6 heteroatoms. The van der Waals surface area contributed by atoms with Gasteiger partial charge >= 0.3 is 0 Å². The van der Waals surface area contributed by atoms with E-state index in [9.17, 15) is 9.18 Å². The summed E-state index contributed by atoms with van der Waals surface area (Å²) >= 11 is 0. The highest BCUT2D eigenvalue weighted by Gasteiger charge is 2.16. The van der Waals surface area contributed by atoms with Gasteiger partial charge in [0, 0.05) is 11.3 Å². The molecule has 1 amide bonds. The first-order valence-corrected chi connectivity index (χ1v) is 8.82. The highest BCUT2D eigenvalue weighted by Crippen LogP contribution is 2.20. The lowest BCUT2D eigenvalue weighted by atomic mass is 10.1. The Morgan fingerprint density at radius 1 is 1.19 bits per heavy atom. The fourth-order valence-corrected chi connectivity index (χ4v) is 2.86.